The van der Waals surface area contributed by atoms with Crippen LogP contribution in [0.25, 0.3) is 0 Å². The average Bonchev–Trinajstić information content (AvgIpc) is 2.30. The van der Waals surface area contributed by atoms with Crippen molar-refractivity contribution >= 4 is 17.7 Å². The number of hydrogen-bond acceptors (Lipinski definition) is 3. The Kier molecular flexibility index (Phi) is 5.24. The first-order chi connectivity index (χ1) is 8.45. The molecule has 3 nitrogen and oxygen atoms in total. The van der Waals surface area contributed by atoms with Gasteiger partial charge in [0.2, 0.25) is 0 Å². The van der Waals surface area contributed by atoms with Crippen molar-refractivity contribution in [2.24, 2.45) is 5.92 Å². The number of carboxylic acid groups (broad SMARTS) is 1. The molecule has 0 aliphatic carbocycles. The van der Waals surface area contributed by atoms with Crippen LogP contribution in [-0.4, -0.2) is 16.3 Å². The first-order valence-corrected chi connectivity index (χ1v) is 6.84. The van der Waals surface area contributed by atoms with Crippen LogP contribution < -0.4 is 0 Å². The number of benzene rings is 1. The molecule has 0 heterocycles. The monoisotopic (exact) mass is 263 g/mol. The maximum Gasteiger partial charge on any atom is 0.316 e. The van der Waals surface area contributed by atoms with E-state index in [1.165, 1.54) is 11.8 Å². The van der Waals surface area contributed by atoms with Crippen LogP contribution in [0.2, 0.25) is 0 Å². The van der Waals surface area contributed by atoms with Gasteiger partial charge in [0, 0.05) is 5.75 Å². The van der Waals surface area contributed by atoms with Crippen LogP contribution in [0.5, 0.6) is 0 Å². The van der Waals surface area contributed by atoms with Crippen molar-refractivity contribution in [3.05, 3.63) is 34.9 Å². The SMILES string of the molecule is Cc1cc(C#N)ccc1CSC(C(=O)O)C(C)C. The fraction of sp³-hybridized carbons (Fsp3) is 0.429. The van der Waals surface area contributed by atoms with Crippen molar-refractivity contribution in [2.45, 2.75) is 31.8 Å². The lowest BCUT2D eigenvalue weighted by atomic mass is 10.1. The second kappa shape index (κ2) is 6.46. The van der Waals surface area contributed by atoms with Crippen molar-refractivity contribution in [2.75, 3.05) is 0 Å². The Labute approximate surface area is 112 Å². The maximum absolute atomic E-state index is 11.1. The third kappa shape index (κ3) is 3.78. The molecule has 0 spiro atoms. The van der Waals surface area contributed by atoms with Gasteiger partial charge in [0.1, 0.15) is 5.25 Å². The minimum atomic E-state index is -0.763. The highest BCUT2D eigenvalue weighted by molar-refractivity contribution is 7.99. The quantitative estimate of drug-likeness (QED) is 0.886. The molecule has 0 saturated heterocycles. The summed E-state index contributed by atoms with van der Waals surface area (Å²) in [4.78, 5) is 11.1. The molecule has 4 heteroatoms. The number of aryl methyl sites for hydroxylation is 1. The molecule has 1 aromatic carbocycles. The number of rotatable bonds is 5. The Balaban J connectivity index is 2.74. The molecule has 1 rings (SSSR count). The van der Waals surface area contributed by atoms with Gasteiger partial charge in [-0.3, -0.25) is 4.79 Å². The Bertz CT molecular complexity index is 477. The fourth-order valence-electron chi connectivity index (χ4n) is 1.66. The molecule has 1 atom stereocenters. The van der Waals surface area contributed by atoms with Crippen LogP contribution in [0.15, 0.2) is 18.2 Å². The van der Waals surface area contributed by atoms with Gasteiger partial charge in [-0.25, -0.2) is 0 Å². The van der Waals surface area contributed by atoms with Gasteiger partial charge < -0.3 is 5.11 Å². The summed E-state index contributed by atoms with van der Waals surface area (Å²) in [5, 5.41) is 17.5. The molecule has 0 aliphatic heterocycles. The molecule has 0 bridgehead atoms. The Morgan fingerprint density at radius 1 is 1.50 bits per heavy atom. The molecule has 0 radical (unpaired) electrons. The number of thioether (sulfide) groups is 1. The molecule has 0 fully saturated rings. The highest BCUT2D eigenvalue weighted by Gasteiger charge is 2.21. The molecule has 96 valence electrons. The Hall–Kier alpha value is -1.47. The summed E-state index contributed by atoms with van der Waals surface area (Å²) in [7, 11) is 0. The molecule has 1 N–H and O–H groups in total. The van der Waals surface area contributed by atoms with Gasteiger partial charge in [-0.2, -0.15) is 5.26 Å². The normalized spacial score (nSPS) is 12.2. The summed E-state index contributed by atoms with van der Waals surface area (Å²) in [6, 6.07) is 7.60. The molecular formula is C14H17NO2S. The summed E-state index contributed by atoms with van der Waals surface area (Å²) < 4.78 is 0. The summed E-state index contributed by atoms with van der Waals surface area (Å²) in [5.41, 5.74) is 2.76. The van der Waals surface area contributed by atoms with Gasteiger partial charge in [0.05, 0.1) is 11.6 Å². The highest BCUT2D eigenvalue weighted by atomic mass is 32.2. The van der Waals surface area contributed by atoms with E-state index >= 15 is 0 Å². The number of carboxylic acids is 1. The Morgan fingerprint density at radius 2 is 2.17 bits per heavy atom. The molecule has 0 aromatic heterocycles. The van der Waals surface area contributed by atoms with Crippen LogP contribution in [-0.2, 0) is 10.5 Å². The molecular weight excluding hydrogens is 246 g/mol. The van der Waals surface area contributed by atoms with Crippen molar-refractivity contribution in [1.82, 2.24) is 0 Å². The third-order valence-corrected chi connectivity index (χ3v) is 4.32. The van der Waals surface area contributed by atoms with E-state index < -0.39 is 5.97 Å². The molecule has 1 unspecified atom stereocenters. The van der Waals surface area contributed by atoms with E-state index in [9.17, 15) is 4.79 Å². The van der Waals surface area contributed by atoms with Crippen molar-refractivity contribution < 1.29 is 9.90 Å². The van der Waals surface area contributed by atoms with Gasteiger partial charge in [0.15, 0.2) is 0 Å². The van der Waals surface area contributed by atoms with Gasteiger partial charge in [-0.1, -0.05) is 19.9 Å². The standard InChI is InChI=1S/C14H17NO2S/c1-9(2)13(14(16)17)18-8-12-5-4-11(7-15)6-10(12)3/h4-6,9,13H,8H2,1-3H3,(H,16,17). The van der Waals surface area contributed by atoms with Gasteiger partial charge >= 0.3 is 5.97 Å². The van der Waals surface area contributed by atoms with Crippen LogP contribution in [0.4, 0.5) is 0 Å². The summed E-state index contributed by atoms with van der Waals surface area (Å²) >= 11 is 1.44. The lowest BCUT2D eigenvalue weighted by molar-refractivity contribution is -0.137. The molecule has 18 heavy (non-hydrogen) atoms. The van der Waals surface area contributed by atoms with Crippen LogP contribution in [0.1, 0.15) is 30.5 Å². The Morgan fingerprint density at radius 3 is 2.61 bits per heavy atom. The van der Waals surface area contributed by atoms with Gasteiger partial charge in [-0.15, -0.1) is 11.8 Å². The maximum atomic E-state index is 11.1. The lowest BCUT2D eigenvalue weighted by Crippen LogP contribution is -2.22. The van der Waals surface area contributed by atoms with E-state index in [0.717, 1.165) is 11.1 Å². The second-order valence-corrected chi connectivity index (χ2v) is 5.70. The first-order valence-electron chi connectivity index (χ1n) is 5.79. The van der Waals surface area contributed by atoms with E-state index in [1.807, 2.05) is 32.9 Å². The number of aliphatic carboxylic acids is 1. The van der Waals surface area contributed by atoms with E-state index in [0.29, 0.717) is 11.3 Å². The number of hydrogen-bond donors (Lipinski definition) is 1. The van der Waals surface area contributed by atoms with Gasteiger partial charge in [-0.05, 0) is 36.1 Å². The smallest absolute Gasteiger partial charge is 0.316 e. The van der Waals surface area contributed by atoms with Gasteiger partial charge in [0.25, 0.3) is 0 Å². The second-order valence-electron chi connectivity index (χ2n) is 4.57. The van der Waals surface area contributed by atoms with Crippen molar-refractivity contribution in [1.29, 1.82) is 5.26 Å². The molecule has 0 amide bonds. The van der Waals surface area contributed by atoms with E-state index in [1.54, 1.807) is 6.07 Å². The topological polar surface area (TPSA) is 61.1 Å². The van der Waals surface area contributed by atoms with Crippen LogP contribution >= 0.6 is 11.8 Å². The first kappa shape index (κ1) is 14.6. The number of nitrogens with zero attached hydrogens (tertiary/aromatic N) is 1. The highest BCUT2D eigenvalue weighted by Crippen LogP contribution is 2.25. The summed E-state index contributed by atoms with van der Waals surface area (Å²) in [6.45, 7) is 5.77. The number of nitriles is 1. The largest absolute Gasteiger partial charge is 0.480 e. The predicted molar refractivity (Wildman–Crippen MR) is 73.5 cm³/mol. The van der Waals surface area contributed by atoms with Crippen molar-refractivity contribution in [3.63, 3.8) is 0 Å². The van der Waals surface area contributed by atoms with Crippen molar-refractivity contribution in [3.8, 4) is 6.07 Å². The zero-order valence-electron chi connectivity index (χ0n) is 10.8. The molecule has 0 aliphatic rings. The van der Waals surface area contributed by atoms with E-state index in [4.69, 9.17) is 10.4 Å². The molecule has 1 aromatic rings. The lowest BCUT2D eigenvalue weighted by Gasteiger charge is -2.16. The zero-order chi connectivity index (χ0) is 13.7. The number of carbonyl (C=O) groups is 1. The minimum Gasteiger partial charge on any atom is -0.480 e. The predicted octanol–water partition coefficient (Wildman–Crippen LogP) is 3.21. The minimum absolute atomic E-state index is 0.103. The van der Waals surface area contributed by atoms with Crippen LogP contribution in [0.3, 0.4) is 0 Å². The van der Waals surface area contributed by atoms with Crippen LogP contribution in [0, 0.1) is 24.2 Å². The fourth-order valence-corrected chi connectivity index (χ4v) is 2.87. The van der Waals surface area contributed by atoms with E-state index in [2.05, 4.69) is 6.07 Å². The summed E-state index contributed by atoms with van der Waals surface area (Å²) in [5.74, 6) is -0.000322. The average molecular weight is 263 g/mol. The van der Waals surface area contributed by atoms with E-state index in [-0.39, 0.29) is 11.2 Å². The summed E-state index contributed by atoms with van der Waals surface area (Å²) in [6.07, 6.45) is 0. The third-order valence-electron chi connectivity index (χ3n) is 2.74. The zero-order valence-corrected chi connectivity index (χ0v) is 11.6. The molecule has 0 saturated carbocycles.